The van der Waals surface area contributed by atoms with Gasteiger partial charge in [-0.3, -0.25) is 9.36 Å². The highest BCUT2D eigenvalue weighted by molar-refractivity contribution is 7.91. The van der Waals surface area contributed by atoms with Crippen LogP contribution in [0.5, 0.6) is 0 Å². The number of pyridine rings is 2. The molecule has 0 aliphatic heterocycles. The van der Waals surface area contributed by atoms with E-state index in [4.69, 9.17) is 0 Å². The molecule has 0 spiro atoms. The van der Waals surface area contributed by atoms with Gasteiger partial charge >= 0.3 is 6.18 Å². The van der Waals surface area contributed by atoms with E-state index in [0.717, 1.165) is 16.1 Å². The Morgan fingerprint density at radius 1 is 1.32 bits per heavy atom. The number of aryl methyl sites for hydroxylation is 1. The lowest BCUT2D eigenvalue weighted by Gasteiger charge is -2.15. The van der Waals surface area contributed by atoms with Gasteiger partial charge in [0.05, 0.1) is 5.52 Å². The van der Waals surface area contributed by atoms with Gasteiger partial charge in [0.1, 0.15) is 30.6 Å². The van der Waals surface area contributed by atoms with Gasteiger partial charge in [-0.25, -0.2) is 9.97 Å². The van der Waals surface area contributed by atoms with E-state index in [-0.39, 0.29) is 22.6 Å². The second-order valence-electron chi connectivity index (χ2n) is 7.55. The van der Waals surface area contributed by atoms with Crippen LogP contribution in [0.3, 0.4) is 0 Å². The molecule has 1 saturated carbocycles. The van der Waals surface area contributed by atoms with Crippen LogP contribution in [-0.2, 0) is 24.4 Å². The van der Waals surface area contributed by atoms with E-state index in [1.807, 2.05) is 7.85 Å². The Balaban J connectivity index is 2.04. The molecular weight excluding hydrogens is 430 g/mol. The lowest BCUT2D eigenvalue weighted by Crippen LogP contribution is -2.28. The fourth-order valence-electron chi connectivity index (χ4n) is 3.75. The summed E-state index contributed by atoms with van der Waals surface area (Å²) in [6.07, 6.45) is -3.61. The molecule has 1 aliphatic rings. The highest BCUT2D eigenvalue weighted by Gasteiger charge is 2.40. The molecule has 3 aromatic rings. The minimum Gasteiger partial charge on any atom is -0.611 e. The topological polar surface area (TPSA) is 87.8 Å². The first-order valence-electron chi connectivity index (χ1n) is 9.85. The molecule has 1 atom stereocenters. The third-order valence-corrected chi connectivity index (χ3v) is 6.74. The van der Waals surface area contributed by atoms with Gasteiger partial charge in [-0.2, -0.15) is 13.2 Å². The van der Waals surface area contributed by atoms with E-state index >= 15 is 0 Å². The molecule has 0 radical (unpaired) electrons. The van der Waals surface area contributed by atoms with Crippen LogP contribution in [0.1, 0.15) is 31.5 Å². The molecule has 12 heteroatoms. The van der Waals surface area contributed by atoms with Gasteiger partial charge in [-0.1, -0.05) is 0 Å². The molecule has 0 saturated heterocycles. The van der Waals surface area contributed by atoms with Crippen LogP contribution < -0.4 is 16.3 Å². The third-order valence-electron chi connectivity index (χ3n) is 5.41. The van der Waals surface area contributed by atoms with Crippen molar-refractivity contribution in [3.8, 4) is 11.5 Å². The largest absolute Gasteiger partial charge is 0.611 e. The van der Waals surface area contributed by atoms with Gasteiger partial charge in [0.25, 0.3) is 5.56 Å². The maximum absolute atomic E-state index is 13.7. The predicted octanol–water partition coefficient (Wildman–Crippen LogP) is 1.58. The van der Waals surface area contributed by atoms with Crippen molar-refractivity contribution in [1.82, 2.24) is 19.1 Å². The van der Waals surface area contributed by atoms with Gasteiger partial charge < -0.3 is 14.4 Å². The lowest BCUT2D eigenvalue weighted by molar-refractivity contribution is -0.144. The molecule has 164 valence electrons. The van der Waals surface area contributed by atoms with Crippen LogP contribution in [-0.4, -0.2) is 44.3 Å². The zero-order valence-corrected chi connectivity index (χ0v) is 18.3. The molecule has 0 bridgehead atoms. The summed E-state index contributed by atoms with van der Waals surface area (Å²) in [7, 11) is 5.07. The Morgan fingerprint density at radius 2 is 2.00 bits per heavy atom. The highest BCUT2D eigenvalue weighted by Crippen LogP contribution is 2.40. The van der Waals surface area contributed by atoms with Gasteiger partial charge in [-0.15, -0.1) is 0 Å². The number of imidazole rings is 1. The fourth-order valence-corrected chi connectivity index (χ4v) is 4.72. The smallest absolute Gasteiger partial charge is 0.431 e. The SMILES string of the molecule is Bc1cc([S+]([O-])CC)c(-c2nc3cc(C(F)(F)F)n(C4CC4)c(=O)c3n2C)nc1NC. The highest BCUT2D eigenvalue weighted by atomic mass is 32.2. The Bertz CT molecular complexity index is 1240. The summed E-state index contributed by atoms with van der Waals surface area (Å²) in [5.74, 6) is 1.07. The van der Waals surface area contributed by atoms with Crippen LogP contribution in [0.15, 0.2) is 21.8 Å². The molecular formula is C19H21BF3N5O2S. The monoisotopic (exact) mass is 451 g/mol. The summed E-state index contributed by atoms with van der Waals surface area (Å²) >= 11 is -1.39. The number of hydrogen-bond donors (Lipinski definition) is 1. The van der Waals surface area contributed by atoms with Gasteiger partial charge in [-0.05, 0) is 48.5 Å². The van der Waals surface area contributed by atoms with E-state index in [9.17, 15) is 22.5 Å². The van der Waals surface area contributed by atoms with Crippen molar-refractivity contribution in [2.45, 2.75) is 36.9 Å². The molecule has 1 unspecified atom stereocenters. The van der Waals surface area contributed by atoms with Crippen LogP contribution in [0.2, 0.25) is 0 Å². The normalized spacial score (nSPS) is 15.5. The number of nitrogens with zero attached hydrogens (tertiary/aromatic N) is 4. The van der Waals surface area contributed by atoms with Gasteiger partial charge in [0, 0.05) is 20.1 Å². The number of anilines is 1. The number of halogens is 3. The zero-order chi connectivity index (χ0) is 22.7. The van der Waals surface area contributed by atoms with Crippen molar-refractivity contribution < 1.29 is 17.7 Å². The second kappa shape index (κ2) is 7.59. The molecule has 0 aromatic carbocycles. The Kier molecular flexibility index (Phi) is 5.33. The maximum Gasteiger partial charge on any atom is 0.431 e. The van der Waals surface area contributed by atoms with E-state index < -0.39 is 34.6 Å². The molecule has 1 N–H and O–H groups in total. The van der Waals surface area contributed by atoms with Crippen molar-refractivity contribution >= 4 is 41.3 Å². The Morgan fingerprint density at radius 3 is 2.55 bits per heavy atom. The number of fused-ring (bicyclic) bond motifs is 1. The lowest BCUT2D eigenvalue weighted by atomic mass is 9.96. The molecule has 1 fully saturated rings. The first-order chi connectivity index (χ1) is 14.6. The summed E-state index contributed by atoms with van der Waals surface area (Å²) in [5, 5.41) is 2.95. The third kappa shape index (κ3) is 3.61. The van der Waals surface area contributed by atoms with E-state index in [1.54, 1.807) is 27.1 Å². The van der Waals surface area contributed by atoms with Crippen molar-refractivity contribution in [3.63, 3.8) is 0 Å². The van der Waals surface area contributed by atoms with Gasteiger partial charge in [0.2, 0.25) is 0 Å². The fraction of sp³-hybridized carbons (Fsp3) is 0.421. The summed E-state index contributed by atoms with van der Waals surface area (Å²) in [4.78, 5) is 22.4. The van der Waals surface area contributed by atoms with Crippen LogP contribution in [0.4, 0.5) is 19.0 Å². The average Bonchev–Trinajstić information content (AvgIpc) is 3.49. The molecule has 0 amide bonds. The number of hydrogen-bond acceptors (Lipinski definition) is 5. The number of aromatic nitrogens is 4. The maximum atomic E-state index is 13.7. The molecule has 4 rings (SSSR count). The molecule has 7 nitrogen and oxygen atoms in total. The van der Waals surface area contributed by atoms with Crippen molar-refractivity contribution in [2.75, 3.05) is 18.1 Å². The van der Waals surface area contributed by atoms with Crippen molar-refractivity contribution in [3.05, 3.63) is 28.2 Å². The van der Waals surface area contributed by atoms with Crippen LogP contribution in [0.25, 0.3) is 22.6 Å². The standard InChI is InChI=1S/C19H21BF3N5O2S/c1-4-31(30)12-7-10(20)16(24-2)26-14(12)17-25-11-8-13(19(21,22)23)28(9-5-6-9)18(29)15(11)27(17)3/h7-9H,4-6,20H2,1-3H3,(H,24,26). The molecule has 3 aromatic heterocycles. The van der Waals surface area contributed by atoms with E-state index in [2.05, 4.69) is 15.3 Å². The predicted molar refractivity (Wildman–Crippen MR) is 116 cm³/mol. The van der Waals surface area contributed by atoms with Crippen molar-refractivity contribution in [2.24, 2.45) is 7.05 Å². The quantitative estimate of drug-likeness (QED) is 0.470. The molecule has 31 heavy (non-hydrogen) atoms. The van der Waals surface area contributed by atoms with Crippen LogP contribution in [0, 0.1) is 0 Å². The average molecular weight is 451 g/mol. The van der Waals surface area contributed by atoms with E-state index in [1.165, 1.54) is 4.57 Å². The van der Waals surface area contributed by atoms with E-state index in [0.29, 0.717) is 29.3 Å². The molecule has 1 aliphatic carbocycles. The zero-order valence-electron chi connectivity index (χ0n) is 17.5. The number of alkyl halides is 3. The first kappa shape index (κ1) is 21.8. The van der Waals surface area contributed by atoms with Crippen molar-refractivity contribution in [1.29, 1.82) is 0 Å². The summed E-state index contributed by atoms with van der Waals surface area (Å²) < 4.78 is 56.0. The second-order valence-corrected chi connectivity index (χ2v) is 9.25. The Labute approximate surface area is 180 Å². The first-order valence-corrected chi connectivity index (χ1v) is 11.2. The van der Waals surface area contributed by atoms with Gasteiger partial charge in [0.15, 0.2) is 16.4 Å². The number of nitrogens with one attached hydrogen (secondary N) is 1. The Hall–Kier alpha value is -2.47. The minimum atomic E-state index is -4.68. The minimum absolute atomic E-state index is 0.0617. The number of rotatable bonds is 5. The molecule has 3 heterocycles. The summed E-state index contributed by atoms with van der Waals surface area (Å²) in [5.41, 5.74) is -0.670. The summed E-state index contributed by atoms with van der Waals surface area (Å²) in [6.45, 7) is 1.76. The van der Waals surface area contributed by atoms with Crippen LogP contribution >= 0.6 is 0 Å². The summed E-state index contributed by atoms with van der Waals surface area (Å²) in [6, 6.07) is 2.20.